The van der Waals surface area contributed by atoms with Gasteiger partial charge in [0.25, 0.3) is 12.0 Å². The highest BCUT2D eigenvalue weighted by molar-refractivity contribution is 5.94. The molecule has 5 rings (SSSR count). The van der Waals surface area contributed by atoms with Crippen LogP contribution in [0.15, 0.2) is 41.2 Å². The van der Waals surface area contributed by atoms with Crippen LogP contribution in [0, 0.1) is 11.8 Å². The highest BCUT2D eigenvalue weighted by atomic mass is 19.3. The Kier molecular flexibility index (Phi) is 5.07. The van der Waals surface area contributed by atoms with Gasteiger partial charge in [-0.3, -0.25) is 9.36 Å². The summed E-state index contributed by atoms with van der Waals surface area (Å²) in [6.45, 7) is 3.41. The van der Waals surface area contributed by atoms with Crippen LogP contribution in [0.25, 0.3) is 10.9 Å². The first-order valence-electron chi connectivity index (χ1n) is 10.9. The average molecular weight is 454 g/mol. The van der Waals surface area contributed by atoms with Gasteiger partial charge in [-0.15, -0.1) is 0 Å². The first kappa shape index (κ1) is 21.4. The highest BCUT2D eigenvalue weighted by Gasteiger charge is 2.46. The lowest BCUT2D eigenvalue weighted by atomic mass is 10.00. The number of carbonyl (C=O) groups is 1. The Balaban J connectivity index is 1.64. The molecule has 0 radical (unpaired) electrons. The molecule has 0 amide bonds. The summed E-state index contributed by atoms with van der Waals surface area (Å²) in [5, 5.41) is 12.7. The van der Waals surface area contributed by atoms with Crippen LogP contribution in [0.4, 0.5) is 20.4 Å². The van der Waals surface area contributed by atoms with E-state index >= 15 is 0 Å². The first-order valence-corrected chi connectivity index (χ1v) is 10.9. The number of anilines is 2. The SMILES string of the molecule is CC(Nc1ccccc1C(=O)O)c1cc(C(F)F)cc2c(=O)n(C)c(N3CC4CC4C3)nc12. The van der Waals surface area contributed by atoms with Crippen molar-refractivity contribution in [3.8, 4) is 0 Å². The summed E-state index contributed by atoms with van der Waals surface area (Å²) in [6.07, 6.45) is -1.56. The van der Waals surface area contributed by atoms with Crippen LogP contribution in [-0.4, -0.2) is 33.7 Å². The molecule has 2 N–H and O–H groups in total. The predicted octanol–water partition coefficient (Wildman–Crippen LogP) is 4.20. The monoisotopic (exact) mass is 454 g/mol. The number of nitrogens with zero attached hydrogens (tertiary/aromatic N) is 3. The summed E-state index contributed by atoms with van der Waals surface area (Å²) in [4.78, 5) is 31.7. The molecule has 9 heteroatoms. The number of hydrogen-bond donors (Lipinski definition) is 2. The Morgan fingerprint density at radius 1 is 1.21 bits per heavy atom. The lowest BCUT2D eigenvalue weighted by Crippen LogP contribution is -2.31. The lowest BCUT2D eigenvalue weighted by molar-refractivity contribution is 0.0698. The summed E-state index contributed by atoms with van der Waals surface area (Å²) in [7, 11) is 1.62. The minimum atomic E-state index is -2.76. The normalized spacial score (nSPS) is 20.2. The second-order valence-electron chi connectivity index (χ2n) is 8.96. The van der Waals surface area contributed by atoms with E-state index in [1.165, 1.54) is 29.2 Å². The molecule has 3 unspecified atom stereocenters. The van der Waals surface area contributed by atoms with Crippen molar-refractivity contribution in [1.29, 1.82) is 0 Å². The fourth-order valence-corrected chi connectivity index (χ4v) is 4.82. The van der Waals surface area contributed by atoms with E-state index in [1.807, 2.05) is 0 Å². The summed E-state index contributed by atoms with van der Waals surface area (Å²) >= 11 is 0. The zero-order valence-electron chi connectivity index (χ0n) is 18.3. The Bertz CT molecular complexity index is 1310. The number of rotatable bonds is 6. The number of hydrogen-bond acceptors (Lipinski definition) is 5. The number of fused-ring (bicyclic) bond motifs is 2. The number of piperidine rings is 1. The molecule has 1 aliphatic heterocycles. The van der Waals surface area contributed by atoms with E-state index in [1.54, 1.807) is 32.2 Å². The minimum Gasteiger partial charge on any atom is -0.478 e. The van der Waals surface area contributed by atoms with Gasteiger partial charge in [0.2, 0.25) is 5.95 Å². The maximum atomic E-state index is 13.7. The van der Waals surface area contributed by atoms with Gasteiger partial charge in [-0.25, -0.2) is 18.6 Å². The zero-order chi connectivity index (χ0) is 23.4. The van der Waals surface area contributed by atoms with E-state index in [9.17, 15) is 23.5 Å². The van der Waals surface area contributed by atoms with Crippen molar-refractivity contribution in [3.05, 3.63) is 63.4 Å². The molecule has 7 nitrogen and oxygen atoms in total. The van der Waals surface area contributed by atoms with Crippen molar-refractivity contribution in [1.82, 2.24) is 9.55 Å². The fourth-order valence-electron chi connectivity index (χ4n) is 4.82. The Morgan fingerprint density at radius 3 is 2.58 bits per heavy atom. The molecular weight excluding hydrogens is 430 g/mol. The first-order chi connectivity index (χ1) is 15.7. The minimum absolute atomic E-state index is 0.0690. The molecule has 1 aromatic heterocycles. The number of carboxylic acids is 1. The molecule has 33 heavy (non-hydrogen) atoms. The van der Waals surface area contributed by atoms with Crippen LogP contribution in [0.1, 0.15) is 47.3 Å². The number of nitrogens with one attached hydrogen (secondary N) is 1. The quantitative estimate of drug-likeness (QED) is 0.581. The van der Waals surface area contributed by atoms with Gasteiger partial charge >= 0.3 is 5.97 Å². The standard InChI is InChI=1S/C24H24F2N4O3/c1-12(27-19-6-4-3-5-16(19)23(32)33)17-8-13(21(25)26)9-18-20(17)28-24(29(2)22(18)31)30-10-14-7-15(14)11-30/h3-6,8-9,12,14-15,21,27H,7,10-11H2,1-2H3,(H,32,33). The van der Waals surface area contributed by atoms with Crippen LogP contribution < -0.4 is 15.8 Å². The molecule has 3 aromatic rings. The third kappa shape index (κ3) is 3.71. The van der Waals surface area contributed by atoms with E-state index in [4.69, 9.17) is 4.98 Å². The van der Waals surface area contributed by atoms with E-state index in [2.05, 4.69) is 10.2 Å². The van der Waals surface area contributed by atoms with Crippen LogP contribution in [0.5, 0.6) is 0 Å². The molecule has 0 bridgehead atoms. The van der Waals surface area contributed by atoms with Gasteiger partial charge in [0.15, 0.2) is 0 Å². The maximum absolute atomic E-state index is 13.7. The van der Waals surface area contributed by atoms with E-state index < -0.39 is 18.4 Å². The van der Waals surface area contributed by atoms with Gasteiger partial charge in [0, 0.05) is 37.0 Å². The molecule has 0 spiro atoms. The van der Waals surface area contributed by atoms with Crippen molar-refractivity contribution in [2.75, 3.05) is 23.3 Å². The average Bonchev–Trinajstić information content (AvgIpc) is 3.40. The molecule has 3 atom stereocenters. The summed E-state index contributed by atoms with van der Waals surface area (Å²) in [5.74, 6) is 0.694. The predicted molar refractivity (Wildman–Crippen MR) is 121 cm³/mol. The highest BCUT2D eigenvalue weighted by Crippen LogP contribution is 2.46. The molecule has 2 aromatic carbocycles. The van der Waals surface area contributed by atoms with Crippen LogP contribution in [-0.2, 0) is 7.05 Å². The molecule has 172 valence electrons. The second kappa shape index (κ2) is 7.83. The largest absolute Gasteiger partial charge is 0.478 e. The van der Waals surface area contributed by atoms with Crippen LogP contribution in [0.2, 0.25) is 0 Å². The van der Waals surface area contributed by atoms with Gasteiger partial charge in [0.05, 0.1) is 22.5 Å². The lowest BCUT2D eigenvalue weighted by Gasteiger charge is -2.24. The summed E-state index contributed by atoms with van der Waals surface area (Å²) in [6, 6.07) is 8.38. The third-order valence-corrected chi connectivity index (χ3v) is 6.72. The van der Waals surface area contributed by atoms with Crippen LogP contribution >= 0.6 is 0 Å². The van der Waals surface area contributed by atoms with Gasteiger partial charge in [-0.05, 0) is 49.4 Å². The number of aromatic carboxylic acids is 1. The Morgan fingerprint density at radius 2 is 1.91 bits per heavy atom. The maximum Gasteiger partial charge on any atom is 0.337 e. The van der Waals surface area contributed by atoms with E-state index in [-0.39, 0.29) is 22.1 Å². The molecule has 1 saturated heterocycles. The van der Waals surface area contributed by atoms with Crippen molar-refractivity contribution in [2.24, 2.45) is 18.9 Å². The third-order valence-electron chi connectivity index (χ3n) is 6.72. The Hall–Kier alpha value is -3.49. The van der Waals surface area contributed by atoms with E-state index in [0.29, 0.717) is 34.6 Å². The molecule has 2 aliphatic rings. The van der Waals surface area contributed by atoms with Crippen molar-refractivity contribution < 1.29 is 18.7 Å². The molecule has 1 aliphatic carbocycles. The number of aromatic nitrogens is 2. The Labute approximate surface area is 188 Å². The zero-order valence-corrected chi connectivity index (χ0v) is 18.3. The molecule has 2 fully saturated rings. The number of carboxylic acid groups (broad SMARTS) is 1. The molecule has 1 saturated carbocycles. The van der Waals surface area contributed by atoms with Gasteiger partial charge in [-0.2, -0.15) is 0 Å². The smallest absolute Gasteiger partial charge is 0.337 e. The number of benzene rings is 2. The fraction of sp³-hybridized carbons (Fsp3) is 0.375. The van der Waals surface area contributed by atoms with Crippen molar-refractivity contribution in [2.45, 2.75) is 25.8 Å². The van der Waals surface area contributed by atoms with Crippen molar-refractivity contribution in [3.63, 3.8) is 0 Å². The van der Waals surface area contributed by atoms with E-state index in [0.717, 1.165) is 13.1 Å². The number of para-hydroxylation sites is 1. The van der Waals surface area contributed by atoms with Crippen LogP contribution in [0.3, 0.4) is 0 Å². The van der Waals surface area contributed by atoms with Gasteiger partial charge < -0.3 is 15.3 Å². The number of halogens is 2. The summed E-state index contributed by atoms with van der Waals surface area (Å²) in [5.41, 5.74) is 0.553. The van der Waals surface area contributed by atoms with Crippen molar-refractivity contribution >= 4 is 28.5 Å². The number of alkyl halides is 2. The van der Waals surface area contributed by atoms with Gasteiger partial charge in [-0.1, -0.05) is 12.1 Å². The molecular formula is C24H24F2N4O3. The second-order valence-corrected chi connectivity index (χ2v) is 8.96. The summed E-state index contributed by atoms with van der Waals surface area (Å²) < 4.78 is 28.8. The molecule has 2 heterocycles. The topological polar surface area (TPSA) is 87.5 Å². The van der Waals surface area contributed by atoms with Gasteiger partial charge in [0.1, 0.15) is 0 Å².